The summed E-state index contributed by atoms with van der Waals surface area (Å²) in [6.07, 6.45) is 4.34. The fourth-order valence-corrected chi connectivity index (χ4v) is 4.90. The van der Waals surface area contributed by atoms with Crippen molar-refractivity contribution >= 4 is 17.7 Å². The predicted molar refractivity (Wildman–Crippen MR) is 142 cm³/mol. The number of benzene rings is 2. The highest BCUT2D eigenvalue weighted by Crippen LogP contribution is 2.35. The monoisotopic (exact) mass is 492 g/mol. The lowest BCUT2D eigenvalue weighted by molar-refractivity contribution is -0.138. The minimum Gasteiger partial charge on any atom is -0.489 e. The lowest BCUT2D eigenvalue weighted by atomic mass is 10.1. The summed E-state index contributed by atoms with van der Waals surface area (Å²) in [5.74, 6) is 0.472. The van der Waals surface area contributed by atoms with Crippen molar-refractivity contribution in [2.75, 3.05) is 13.7 Å². The first-order chi connectivity index (χ1) is 16.9. The second-order valence-corrected chi connectivity index (χ2v) is 9.40. The molecule has 1 heterocycles. The van der Waals surface area contributed by atoms with E-state index in [4.69, 9.17) is 9.47 Å². The van der Waals surface area contributed by atoms with Gasteiger partial charge < -0.3 is 14.4 Å². The van der Waals surface area contributed by atoms with Crippen molar-refractivity contribution < 1.29 is 14.3 Å². The van der Waals surface area contributed by atoms with Crippen LogP contribution >= 0.6 is 11.8 Å². The van der Waals surface area contributed by atoms with Crippen molar-refractivity contribution in [3.8, 4) is 5.75 Å². The normalized spacial score (nSPS) is 17.1. The third-order valence-electron chi connectivity index (χ3n) is 5.62. The smallest absolute Gasteiger partial charge is 0.333 e. The number of allylic oxidation sites excluding steroid dienone is 3. The van der Waals surface area contributed by atoms with Crippen LogP contribution in [0.3, 0.4) is 0 Å². The highest BCUT2D eigenvalue weighted by Gasteiger charge is 2.31. The van der Waals surface area contributed by atoms with Gasteiger partial charge in [0.05, 0.1) is 6.61 Å². The third-order valence-corrected chi connectivity index (χ3v) is 6.90. The zero-order chi connectivity index (χ0) is 25.2. The number of carbonyl (C=O) groups excluding carboxylic acids is 1. The number of nitrogens with zero attached hydrogens (tertiary/aromatic N) is 2. The number of thioether (sulfide) groups is 1. The lowest BCUT2D eigenvalue weighted by Crippen LogP contribution is -2.35. The molecule has 2 atom stereocenters. The van der Waals surface area contributed by atoms with Crippen LogP contribution in [0.1, 0.15) is 31.9 Å². The Morgan fingerprint density at radius 1 is 1.11 bits per heavy atom. The minimum absolute atomic E-state index is 0.101. The zero-order valence-electron chi connectivity index (χ0n) is 20.6. The molecule has 0 aliphatic carbocycles. The number of hydrogen-bond donors (Lipinski definition) is 0. The van der Waals surface area contributed by atoms with Crippen LogP contribution in [0.15, 0.2) is 94.2 Å². The van der Waals surface area contributed by atoms with E-state index in [2.05, 4.69) is 10.1 Å². The summed E-state index contributed by atoms with van der Waals surface area (Å²) in [6.45, 7) is 6.33. The molecule has 3 rings (SSSR count). The Balaban J connectivity index is 1.58. The predicted octanol–water partition coefficient (Wildman–Crippen LogP) is 6.24. The molecule has 1 unspecified atom stereocenters. The molecule has 7 heteroatoms. The summed E-state index contributed by atoms with van der Waals surface area (Å²) < 4.78 is 10.9. The maximum absolute atomic E-state index is 11.9. The van der Waals surface area contributed by atoms with E-state index >= 15 is 0 Å². The van der Waals surface area contributed by atoms with Crippen molar-refractivity contribution in [2.24, 2.45) is 5.18 Å². The van der Waals surface area contributed by atoms with Crippen molar-refractivity contribution in [3.63, 3.8) is 0 Å². The molecule has 6 nitrogen and oxygen atoms in total. The maximum Gasteiger partial charge on any atom is 0.333 e. The highest BCUT2D eigenvalue weighted by atomic mass is 32.2. The topological polar surface area (TPSA) is 68.2 Å². The van der Waals surface area contributed by atoms with E-state index in [1.54, 1.807) is 25.6 Å². The number of nitroso groups, excluding NO2 is 1. The van der Waals surface area contributed by atoms with Crippen molar-refractivity contribution in [1.82, 2.24) is 4.90 Å². The fraction of sp³-hybridized carbons (Fsp3) is 0.321. The number of ether oxygens (including phenoxy) is 2. The molecule has 0 radical (unpaired) electrons. The first kappa shape index (κ1) is 26.3. The molecule has 0 spiro atoms. The first-order valence-electron chi connectivity index (χ1n) is 11.6. The summed E-state index contributed by atoms with van der Waals surface area (Å²) in [5, 5.41) is 5.38. The standard InChI is InChI=1S/C28H32N2O4S/c1-5-33-28(31)21(3)15-20(2)16-24-19-35-27(30(24)4)26(29-32)17-22-11-13-25(14-12-22)34-18-23-9-7-6-8-10-23/h6-16,19,26-27H,5,17-18H2,1-4H3/b20-16+,21-15-/t26-,27?/m0/s1. The van der Waals surface area contributed by atoms with Gasteiger partial charge in [-0.25, -0.2) is 4.79 Å². The van der Waals surface area contributed by atoms with Crippen LogP contribution in [0.25, 0.3) is 0 Å². The molecule has 0 saturated heterocycles. The van der Waals surface area contributed by atoms with Crippen LogP contribution in [0.5, 0.6) is 5.75 Å². The summed E-state index contributed by atoms with van der Waals surface area (Å²) >= 11 is 1.58. The number of carbonyl (C=O) groups is 1. The minimum atomic E-state index is -0.416. The summed E-state index contributed by atoms with van der Waals surface area (Å²) in [7, 11) is 1.96. The number of esters is 1. The van der Waals surface area contributed by atoms with E-state index in [9.17, 15) is 9.70 Å². The van der Waals surface area contributed by atoms with Gasteiger partial charge in [-0.15, -0.1) is 11.8 Å². The third kappa shape index (κ3) is 7.59. The van der Waals surface area contributed by atoms with Crippen molar-refractivity contribution in [2.45, 2.75) is 45.2 Å². The molecule has 184 valence electrons. The molecule has 0 aromatic heterocycles. The van der Waals surface area contributed by atoms with Crippen LogP contribution in [0.2, 0.25) is 0 Å². The van der Waals surface area contributed by atoms with Crippen molar-refractivity contribution in [1.29, 1.82) is 0 Å². The molecule has 0 N–H and O–H groups in total. The summed E-state index contributed by atoms with van der Waals surface area (Å²) in [5.41, 5.74) is 4.60. The van der Waals surface area contributed by atoms with E-state index in [-0.39, 0.29) is 11.3 Å². The second kappa shape index (κ2) is 13.0. The van der Waals surface area contributed by atoms with Gasteiger partial charge in [0.25, 0.3) is 0 Å². The van der Waals surface area contributed by atoms with E-state index in [0.717, 1.165) is 28.1 Å². The van der Waals surface area contributed by atoms with Gasteiger partial charge in [-0.1, -0.05) is 47.6 Å². The molecule has 0 bridgehead atoms. The van der Waals surface area contributed by atoms with Crippen LogP contribution in [-0.2, 0) is 22.6 Å². The Morgan fingerprint density at radius 3 is 2.49 bits per heavy atom. The quantitative estimate of drug-likeness (QED) is 0.160. The van der Waals surface area contributed by atoms with Crippen molar-refractivity contribution in [3.05, 3.63) is 105 Å². The second-order valence-electron chi connectivity index (χ2n) is 8.41. The molecule has 0 saturated carbocycles. The molecule has 2 aromatic rings. The lowest BCUT2D eigenvalue weighted by Gasteiger charge is -2.27. The Labute approximate surface area is 211 Å². The van der Waals surface area contributed by atoms with Gasteiger partial charge in [0.15, 0.2) is 0 Å². The van der Waals surface area contributed by atoms with Crippen LogP contribution in [0.4, 0.5) is 0 Å². The fourth-order valence-electron chi connectivity index (χ4n) is 3.76. The SMILES string of the molecule is CCOC(=O)/C(C)=C\C(C)=C\C1=CSC([C@H](Cc2ccc(OCc3ccccc3)cc2)N=O)N1C. The van der Waals surface area contributed by atoms with Gasteiger partial charge in [0.2, 0.25) is 0 Å². The van der Waals surface area contributed by atoms with E-state index < -0.39 is 6.04 Å². The van der Waals surface area contributed by atoms with Crippen LogP contribution in [-0.4, -0.2) is 35.9 Å². The zero-order valence-corrected chi connectivity index (χ0v) is 21.5. The average molecular weight is 493 g/mol. The summed E-state index contributed by atoms with van der Waals surface area (Å²) in [6, 6.07) is 17.4. The number of rotatable bonds is 11. The molecule has 2 aromatic carbocycles. The van der Waals surface area contributed by atoms with Gasteiger partial charge in [-0.05, 0) is 67.2 Å². The Hall–Kier alpha value is -3.32. The van der Waals surface area contributed by atoms with Gasteiger partial charge >= 0.3 is 5.97 Å². The highest BCUT2D eigenvalue weighted by molar-refractivity contribution is 8.03. The summed E-state index contributed by atoms with van der Waals surface area (Å²) in [4.78, 5) is 25.7. The molecular weight excluding hydrogens is 460 g/mol. The molecular formula is C28H32N2O4S. The molecule has 1 aliphatic heterocycles. The Bertz CT molecular complexity index is 1090. The van der Waals surface area contributed by atoms with E-state index in [0.29, 0.717) is 25.2 Å². The largest absolute Gasteiger partial charge is 0.489 e. The Kier molecular flexibility index (Phi) is 9.73. The number of likely N-dealkylation sites (N-methyl/N-ethyl adjacent to an activating group) is 1. The van der Waals surface area contributed by atoms with E-state index in [1.807, 2.05) is 86.1 Å². The van der Waals surface area contributed by atoms with E-state index in [1.165, 1.54) is 0 Å². The first-order valence-corrected chi connectivity index (χ1v) is 12.6. The Morgan fingerprint density at radius 2 is 1.83 bits per heavy atom. The molecule has 0 fully saturated rings. The van der Waals surface area contributed by atoms with Crippen LogP contribution in [0, 0.1) is 4.91 Å². The average Bonchev–Trinajstić information content (AvgIpc) is 3.22. The maximum atomic E-state index is 11.9. The number of hydrogen-bond acceptors (Lipinski definition) is 7. The molecule has 1 aliphatic rings. The molecule has 0 amide bonds. The van der Waals surface area contributed by atoms with Gasteiger partial charge in [0, 0.05) is 24.7 Å². The van der Waals surface area contributed by atoms with Crippen LogP contribution < -0.4 is 4.74 Å². The van der Waals surface area contributed by atoms with Gasteiger partial charge in [-0.2, -0.15) is 4.91 Å². The van der Waals surface area contributed by atoms with Gasteiger partial charge in [-0.3, -0.25) is 0 Å². The van der Waals surface area contributed by atoms with Gasteiger partial charge in [0.1, 0.15) is 23.8 Å². The molecule has 35 heavy (non-hydrogen) atoms.